The molecule has 0 aromatic rings. The summed E-state index contributed by atoms with van der Waals surface area (Å²) in [5.41, 5.74) is 0. The fraction of sp³-hybridized carbons (Fsp3) is 0.833. The highest BCUT2D eigenvalue weighted by atomic mass is 19.4. The number of rotatable bonds is 12. The molecule has 5 nitrogen and oxygen atoms in total. The molecule has 0 fully saturated rings. The van der Waals surface area contributed by atoms with Crippen molar-refractivity contribution in [3.63, 3.8) is 0 Å². The van der Waals surface area contributed by atoms with Gasteiger partial charge in [0.15, 0.2) is 0 Å². The SMILES string of the molecule is O=C(CC(=O)C(F)(F)C(F)(F)C(F)(F)F)C(F)(F)OC(F)(F)C(F)(F)OC(F)(F)C(F)(F)OC(F)(F)F. The van der Waals surface area contributed by atoms with Gasteiger partial charge in [0, 0.05) is 0 Å². The first-order chi connectivity index (χ1) is 15.7. The summed E-state index contributed by atoms with van der Waals surface area (Å²) in [4.78, 5) is 21.7. The molecule has 0 aliphatic carbocycles. The number of carbonyl (C=O) groups is 2. The Morgan fingerprint density at radius 1 is 0.459 bits per heavy atom. The number of carbonyl (C=O) groups excluding carboxylic acids is 2. The number of halogens is 20. The Hall–Kier alpha value is -2.18. The first-order valence-corrected chi connectivity index (χ1v) is 7.62. The molecule has 0 aromatic carbocycles. The van der Waals surface area contributed by atoms with Gasteiger partial charge in [-0.1, -0.05) is 0 Å². The van der Waals surface area contributed by atoms with Crippen molar-refractivity contribution in [3.8, 4) is 0 Å². The van der Waals surface area contributed by atoms with Crippen molar-refractivity contribution in [2.24, 2.45) is 0 Å². The lowest BCUT2D eigenvalue weighted by Gasteiger charge is -2.33. The van der Waals surface area contributed by atoms with Crippen LogP contribution in [0.4, 0.5) is 87.8 Å². The van der Waals surface area contributed by atoms with E-state index in [-0.39, 0.29) is 0 Å². The van der Waals surface area contributed by atoms with E-state index in [0.29, 0.717) is 0 Å². The Balaban J connectivity index is 5.87. The molecule has 0 heterocycles. The van der Waals surface area contributed by atoms with Crippen molar-refractivity contribution >= 4 is 11.6 Å². The van der Waals surface area contributed by atoms with E-state index in [2.05, 4.69) is 0 Å². The fourth-order valence-corrected chi connectivity index (χ4v) is 1.47. The highest BCUT2D eigenvalue weighted by Crippen LogP contribution is 2.50. The third-order valence-corrected chi connectivity index (χ3v) is 3.18. The second-order valence-electron chi connectivity index (χ2n) is 6.01. The van der Waals surface area contributed by atoms with Crippen LogP contribution in [0.25, 0.3) is 0 Å². The molecule has 0 aromatic heterocycles. The van der Waals surface area contributed by atoms with Gasteiger partial charge in [-0.3, -0.25) is 9.59 Å². The smallest absolute Gasteiger partial charge is 0.292 e. The first kappa shape index (κ1) is 34.8. The molecule has 0 saturated heterocycles. The van der Waals surface area contributed by atoms with Crippen molar-refractivity contribution < 1.29 is 112 Å². The van der Waals surface area contributed by atoms with E-state index < -0.39 is 72.9 Å². The van der Waals surface area contributed by atoms with Crippen LogP contribution in [-0.4, -0.2) is 66.5 Å². The van der Waals surface area contributed by atoms with Gasteiger partial charge in [-0.05, 0) is 0 Å². The summed E-state index contributed by atoms with van der Waals surface area (Å²) in [6.07, 6.45) is -54.6. The van der Waals surface area contributed by atoms with Crippen molar-refractivity contribution in [2.45, 2.75) is 61.3 Å². The molecule has 0 bridgehead atoms. The van der Waals surface area contributed by atoms with E-state index in [4.69, 9.17) is 0 Å². The number of hydrogen-bond donors (Lipinski definition) is 0. The van der Waals surface area contributed by atoms with Gasteiger partial charge in [-0.15, -0.1) is 13.2 Å². The second kappa shape index (κ2) is 9.53. The Morgan fingerprint density at radius 3 is 1.11 bits per heavy atom. The maximum Gasteiger partial charge on any atom is 0.527 e. The largest absolute Gasteiger partial charge is 0.527 e. The summed E-state index contributed by atoms with van der Waals surface area (Å²) >= 11 is 0. The van der Waals surface area contributed by atoms with Gasteiger partial charge in [-0.25, -0.2) is 14.2 Å². The maximum absolute atomic E-state index is 13.3. The van der Waals surface area contributed by atoms with Gasteiger partial charge < -0.3 is 0 Å². The van der Waals surface area contributed by atoms with E-state index in [1.807, 2.05) is 0 Å². The van der Waals surface area contributed by atoms with E-state index in [1.54, 1.807) is 4.74 Å². The number of alkyl halides is 20. The van der Waals surface area contributed by atoms with Crippen LogP contribution in [0.15, 0.2) is 0 Å². The molecule has 0 N–H and O–H groups in total. The molecule has 0 saturated carbocycles. The van der Waals surface area contributed by atoms with Gasteiger partial charge in [0.2, 0.25) is 11.6 Å². The number of hydrogen-bond acceptors (Lipinski definition) is 5. The summed E-state index contributed by atoms with van der Waals surface area (Å²) in [7, 11) is 0. The third kappa shape index (κ3) is 7.44. The molecule has 220 valence electrons. The van der Waals surface area contributed by atoms with Crippen molar-refractivity contribution in [1.29, 1.82) is 0 Å². The minimum Gasteiger partial charge on any atom is -0.292 e. The zero-order valence-corrected chi connectivity index (χ0v) is 15.8. The van der Waals surface area contributed by atoms with E-state index in [1.165, 1.54) is 9.47 Å². The summed E-state index contributed by atoms with van der Waals surface area (Å²) in [5.74, 6) is -22.6. The van der Waals surface area contributed by atoms with Crippen LogP contribution in [0, 0.1) is 0 Å². The predicted octanol–water partition coefficient (Wildman–Crippen LogP) is 5.88. The van der Waals surface area contributed by atoms with Crippen LogP contribution in [0.5, 0.6) is 0 Å². The van der Waals surface area contributed by atoms with Crippen molar-refractivity contribution in [2.75, 3.05) is 0 Å². The van der Waals surface area contributed by atoms with Gasteiger partial charge in [0.05, 0.1) is 6.42 Å². The molecular weight excluding hydrogens is 604 g/mol. The fourth-order valence-electron chi connectivity index (χ4n) is 1.47. The summed E-state index contributed by atoms with van der Waals surface area (Å²) in [6.45, 7) is 0. The number of Topliss-reactive ketones (excluding diaryl/α,β-unsaturated/α-hetero) is 2. The van der Waals surface area contributed by atoms with Gasteiger partial charge in [0.1, 0.15) is 0 Å². The van der Waals surface area contributed by atoms with Crippen LogP contribution in [0.1, 0.15) is 6.42 Å². The Morgan fingerprint density at radius 2 is 0.784 bits per heavy atom. The molecule has 0 radical (unpaired) electrons. The van der Waals surface area contributed by atoms with Crippen LogP contribution >= 0.6 is 0 Å². The molecule has 25 heteroatoms. The van der Waals surface area contributed by atoms with Crippen molar-refractivity contribution in [3.05, 3.63) is 0 Å². The highest BCUT2D eigenvalue weighted by molar-refractivity contribution is 6.05. The monoisotopic (exact) mass is 606 g/mol. The molecule has 0 spiro atoms. The summed E-state index contributed by atoms with van der Waals surface area (Å²) in [5, 5.41) is 0. The van der Waals surface area contributed by atoms with E-state index in [0.717, 1.165) is 0 Å². The van der Waals surface area contributed by atoms with Crippen LogP contribution in [-0.2, 0) is 23.8 Å². The first-order valence-electron chi connectivity index (χ1n) is 7.62. The molecule has 37 heavy (non-hydrogen) atoms. The Bertz CT molecular complexity index is 855. The standard InChI is InChI=1S/C12H2F20O5/c13-4(14,6(17,18)7(19,20)21)2(33)1-3(34)5(15,16)35-8(22,23)9(24,25)36-10(26,27)11(28,29)37-12(30,31)32/h1H2. The van der Waals surface area contributed by atoms with Gasteiger partial charge >= 0.3 is 54.9 Å². The minimum absolute atomic E-state index is 1.34. The predicted molar refractivity (Wildman–Crippen MR) is 64.6 cm³/mol. The maximum atomic E-state index is 13.3. The Kier molecular flexibility index (Phi) is 8.97. The van der Waals surface area contributed by atoms with E-state index >= 15 is 0 Å². The molecule has 0 aliphatic heterocycles. The zero-order valence-electron chi connectivity index (χ0n) is 15.8. The lowest BCUT2D eigenvalue weighted by Crippen LogP contribution is -2.58. The van der Waals surface area contributed by atoms with Crippen LogP contribution in [0.2, 0.25) is 0 Å². The molecule has 0 atom stereocenters. The normalized spacial score (nSPS) is 15.7. The minimum atomic E-state index is -7.62. The van der Waals surface area contributed by atoms with Crippen molar-refractivity contribution in [1.82, 2.24) is 0 Å². The van der Waals surface area contributed by atoms with Gasteiger partial charge in [-0.2, -0.15) is 74.6 Å². The molecular formula is C12H2F20O5. The average molecular weight is 606 g/mol. The van der Waals surface area contributed by atoms with Crippen LogP contribution < -0.4 is 0 Å². The summed E-state index contributed by atoms with van der Waals surface area (Å²) in [6, 6.07) is 0. The molecule has 0 rings (SSSR count). The summed E-state index contributed by atoms with van der Waals surface area (Å²) < 4.78 is 256. The zero-order chi connectivity index (χ0) is 30.5. The Labute approximate surface area is 186 Å². The average Bonchev–Trinajstić information content (AvgIpc) is 2.55. The van der Waals surface area contributed by atoms with E-state index in [9.17, 15) is 97.4 Å². The third-order valence-electron chi connectivity index (χ3n) is 3.18. The highest BCUT2D eigenvalue weighted by Gasteiger charge is 2.77. The molecule has 0 amide bonds. The second-order valence-corrected chi connectivity index (χ2v) is 6.01. The number of ketones is 2. The lowest BCUT2D eigenvalue weighted by molar-refractivity contribution is -0.562. The molecule has 0 unspecified atom stereocenters. The topological polar surface area (TPSA) is 61.8 Å². The number of ether oxygens (including phenoxy) is 3. The van der Waals surface area contributed by atoms with Gasteiger partial charge in [0.25, 0.3) is 0 Å². The lowest BCUT2D eigenvalue weighted by atomic mass is 10.0. The quantitative estimate of drug-likeness (QED) is 0.205. The van der Waals surface area contributed by atoms with Crippen LogP contribution in [0.3, 0.4) is 0 Å². The molecule has 0 aliphatic rings.